The highest BCUT2D eigenvalue weighted by Crippen LogP contribution is 2.22. The number of hydrogen-bond donors (Lipinski definition) is 0. The van der Waals surface area contributed by atoms with Crippen LogP contribution in [-0.4, -0.2) is 52.2 Å². The molecule has 0 bridgehead atoms. The van der Waals surface area contributed by atoms with Crippen LogP contribution in [0.2, 0.25) is 0 Å². The zero-order valence-corrected chi connectivity index (χ0v) is 18.8. The Kier molecular flexibility index (Phi) is 7.98. The number of rotatable bonds is 8. The Bertz CT molecular complexity index is 937. The first kappa shape index (κ1) is 23.4. The Balaban J connectivity index is 1.52. The molecule has 3 rings (SSSR count). The lowest BCUT2D eigenvalue weighted by Gasteiger charge is -2.33. The first-order valence-electron chi connectivity index (χ1n) is 11.2. The smallest absolute Gasteiger partial charge is 0.270 e. The van der Waals surface area contributed by atoms with Gasteiger partial charge in [-0.05, 0) is 50.7 Å². The minimum Gasteiger partial charge on any atom is -0.343 e. The predicted molar refractivity (Wildman–Crippen MR) is 123 cm³/mol. The second-order valence-corrected chi connectivity index (χ2v) is 8.66. The van der Waals surface area contributed by atoms with Crippen LogP contribution < -0.4 is 0 Å². The van der Waals surface area contributed by atoms with Crippen LogP contribution in [0.4, 0.5) is 5.69 Å². The fraction of sp³-hybridized carbons (Fsp3) is 0.440. The number of likely N-dealkylation sites (tertiary alicyclic amines) is 1. The van der Waals surface area contributed by atoms with Gasteiger partial charge in [0.15, 0.2) is 0 Å². The van der Waals surface area contributed by atoms with Gasteiger partial charge in [0.2, 0.25) is 5.91 Å². The Morgan fingerprint density at radius 1 is 1.09 bits per heavy atom. The quantitative estimate of drug-likeness (QED) is 0.455. The van der Waals surface area contributed by atoms with Gasteiger partial charge < -0.3 is 9.80 Å². The molecule has 0 N–H and O–H groups in total. The van der Waals surface area contributed by atoms with Gasteiger partial charge in [-0.15, -0.1) is 0 Å². The summed E-state index contributed by atoms with van der Waals surface area (Å²) in [6.45, 7) is 5.55. The summed E-state index contributed by atoms with van der Waals surface area (Å²) >= 11 is 0. The summed E-state index contributed by atoms with van der Waals surface area (Å²) in [4.78, 5) is 39.8. The van der Waals surface area contributed by atoms with Gasteiger partial charge in [0.1, 0.15) is 0 Å². The fourth-order valence-corrected chi connectivity index (χ4v) is 4.22. The molecular formula is C25H31N3O4. The highest BCUT2D eigenvalue weighted by Gasteiger charge is 2.25. The fourth-order valence-electron chi connectivity index (χ4n) is 4.22. The first-order valence-corrected chi connectivity index (χ1v) is 11.2. The minimum absolute atomic E-state index is 0.0562. The van der Waals surface area contributed by atoms with E-state index >= 15 is 0 Å². The van der Waals surface area contributed by atoms with Crippen molar-refractivity contribution >= 4 is 17.5 Å². The molecule has 0 unspecified atom stereocenters. The zero-order chi connectivity index (χ0) is 23.1. The molecular weight excluding hydrogens is 406 g/mol. The lowest BCUT2D eigenvalue weighted by atomic mass is 9.90. The van der Waals surface area contributed by atoms with E-state index in [-0.39, 0.29) is 35.5 Å². The highest BCUT2D eigenvalue weighted by molar-refractivity contribution is 5.95. The minimum atomic E-state index is -0.512. The van der Waals surface area contributed by atoms with E-state index in [9.17, 15) is 19.7 Å². The maximum Gasteiger partial charge on any atom is 0.270 e. The lowest BCUT2D eigenvalue weighted by molar-refractivity contribution is -0.384. The van der Waals surface area contributed by atoms with Crippen molar-refractivity contribution in [2.45, 2.75) is 45.6 Å². The Morgan fingerprint density at radius 2 is 1.78 bits per heavy atom. The van der Waals surface area contributed by atoms with Crippen molar-refractivity contribution in [3.8, 4) is 0 Å². The van der Waals surface area contributed by atoms with Crippen molar-refractivity contribution in [3.05, 3.63) is 75.8 Å². The summed E-state index contributed by atoms with van der Waals surface area (Å²) in [6, 6.07) is 16.1. The van der Waals surface area contributed by atoms with Gasteiger partial charge in [-0.2, -0.15) is 0 Å². The van der Waals surface area contributed by atoms with Crippen LogP contribution >= 0.6 is 0 Å². The second-order valence-electron chi connectivity index (χ2n) is 8.66. The van der Waals surface area contributed by atoms with Crippen molar-refractivity contribution in [2.75, 3.05) is 19.6 Å². The first-order chi connectivity index (χ1) is 15.3. The number of non-ortho nitro benzene ring substituents is 1. The summed E-state index contributed by atoms with van der Waals surface area (Å²) in [7, 11) is 0. The van der Waals surface area contributed by atoms with Crippen molar-refractivity contribution in [1.29, 1.82) is 0 Å². The van der Waals surface area contributed by atoms with E-state index in [1.165, 1.54) is 23.8 Å². The predicted octanol–water partition coefficient (Wildman–Crippen LogP) is 4.32. The van der Waals surface area contributed by atoms with Crippen LogP contribution in [-0.2, 0) is 11.2 Å². The van der Waals surface area contributed by atoms with Crippen LogP contribution in [0.15, 0.2) is 54.6 Å². The van der Waals surface area contributed by atoms with Crippen molar-refractivity contribution in [2.24, 2.45) is 5.92 Å². The van der Waals surface area contributed by atoms with Crippen LogP contribution in [0.5, 0.6) is 0 Å². The van der Waals surface area contributed by atoms with E-state index in [2.05, 4.69) is 24.3 Å². The molecule has 0 saturated carbocycles. The number of piperidine rings is 1. The number of nitro groups is 1. The normalized spacial score (nSPS) is 14.4. The van der Waals surface area contributed by atoms with Gasteiger partial charge in [0, 0.05) is 49.8 Å². The molecule has 1 fully saturated rings. The molecule has 32 heavy (non-hydrogen) atoms. The Morgan fingerprint density at radius 3 is 2.41 bits per heavy atom. The van der Waals surface area contributed by atoms with Crippen molar-refractivity contribution in [1.82, 2.24) is 9.80 Å². The van der Waals surface area contributed by atoms with Gasteiger partial charge in [-0.1, -0.05) is 36.4 Å². The largest absolute Gasteiger partial charge is 0.343 e. The zero-order valence-electron chi connectivity index (χ0n) is 18.8. The van der Waals surface area contributed by atoms with E-state index in [1.54, 1.807) is 11.0 Å². The Hall–Kier alpha value is -3.22. The van der Waals surface area contributed by atoms with Gasteiger partial charge >= 0.3 is 0 Å². The molecule has 0 radical (unpaired) electrons. The van der Waals surface area contributed by atoms with E-state index < -0.39 is 4.92 Å². The van der Waals surface area contributed by atoms with E-state index in [0.29, 0.717) is 12.5 Å². The molecule has 1 heterocycles. The van der Waals surface area contributed by atoms with Crippen molar-refractivity contribution in [3.63, 3.8) is 0 Å². The number of amides is 2. The summed E-state index contributed by atoms with van der Waals surface area (Å²) in [6.07, 6.45) is 3.27. The summed E-state index contributed by atoms with van der Waals surface area (Å²) < 4.78 is 0. The highest BCUT2D eigenvalue weighted by atomic mass is 16.6. The average molecular weight is 438 g/mol. The molecule has 0 aromatic heterocycles. The van der Waals surface area contributed by atoms with E-state index in [4.69, 9.17) is 0 Å². The number of carbonyl (C=O) groups is 2. The number of nitro benzene ring substituents is 1. The van der Waals surface area contributed by atoms with Crippen LogP contribution in [0.1, 0.15) is 49.0 Å². The third-order valence-corrected chi connectivity index (χ3v) is 6.09. The number of nitrogens with zero attached hydrogens (tertiary/aromatic N) is 3. The molecule has 1 aliphatic rings. The SMILES string of the molecule is CC(C)N(CCC(=O)N1CCC(Cc2ccccc2)CC1)C(=O)c1cccc([N+](=O)[O-])c1. The van der Waals surface area contributed by atoms with Gasteiger partial charge in [-0.25, -0.2) is 0 Å². The van der Waals surface area contributed by atoms with Crippen molar-refractivity contribution < 1.29 is 14.5 Å². The number of hydrogen-bond acceptors (Lipinski definition) is 4. The molecule has 0 spiro atoms. The molecule has 2 aromatic rings. The van der Waals surface area contributed by atoms with Crippen LogP contribution in [0.25, 0.3) is 0 Å². The van der Waals surface area contributed by atoms with E-state index in [0.717, 1.165) is 32.4 Å². The third-order valence-electron chi connectivity index (χ3n) is 6.09. The second kappa shape index (κ2) is 10.9. The lowest BCUT2D eigenvalue weighted by Crippen LogP contribution is -2.43. The van der Waals surface area contributed by atoms with E-state index in [1.807, 2.05) is 24.8 Å². The molecule has 0 aliphatic carbocycles. The Labute approximate surface area is 189 Å². The molecule has 0 atom stereocenters. The number of benzene rings is 2. The number of carbonyl (C=O) groups excluding carboxylic acids is 2. The topological polar surface area (TPSA) is 83.8 Å². The molecule has 1 aliphatic heterocycles. The van der Waals surface area contributed by atoms with Gasteiger partial charge in [-0.3, -0.25) is 19.7 Å². The molecule has 2 amide bonds. The monoisotopic (exact) mass is 437 g/mol. The molecule has 7 heteroatoms. The van der Waals surface area contributed by atoms with Gasteiger partial charge in [0.25, 0.3) is 11.6 Å². The molecule has 170 valence electrons. The molecule has 1 saturated heterocycles. The van der Waals surface area contributed by atoms with Crippen LogP contribution in [0.3, 0.4) is 0 Å². The third kappa shape index (κ3) is 6.15. The van der Waals surface area contributed by atoms with Gasteiger partial charge in [0.05, 0.1) is 4.92 Å². The van der Waals surface area contributed by atoms with Crippen LogP contribution in [0, 0.1) is 16.0 Å². The standard InChI is InChI=1S/C25H31N3O4/c1-19(2)27(25(30)22-9-6-10-23(18-22)28(31)32)16-13-24(29)26-14-11-21(12-15-26)17-20-7-4-3-5-8-20/h3-10,18-19,21H,11-17H2,1-2H3. The summed E-state index contributed by atoms with van der Waals surface area (Å²) in [5.74, 6) is 0.350. The molecule has 7 nitrogen and oxygen atoms in total. The average Bonchev–Trinajstić information content (AvgIpc) is 2.80. The molecule has 2 aromatic carbocycles. The summed E-state index contributed by atoms with van der Waals surface area (Å²) in [5.41, 5.74) is 1.49. The maximum absolute atomic E-state index is 12.9. The summed E-state index contributed by atoms with van der Waals surface area (Å²) in [5, 5.41) is 11.0. The maximum atomic E-state index is 12.9.